The Balaban J connectivity index is 1.31. The minimum absolute atomic E-state index is 0.00509. The Kier molecular flexibility index (Phi) is 5.71. The molecule has 2 aromatic carbocycles. The monoisotopic (exact) mass is 413 g/mol. The molecule has 1 aliphatic rings. The molecule has 0 bridgehead atoms. The first-order valence-corrected chi connectivity index (χ1v) is 10.2. The second-order valence-corrected chi connectivity index (χ2v) is 7.67. The number of carbonyl (C=O) groups excluding carboxylic acids is 1. The van der Waals surface area contributed by atoms with Gasteiger partial charge < -0.3 is 24.0 Å². The third kappa shape index (κ3) is 4.37. The predicted octanol–water partition coefficient (Wildman–Crippen LogP) is 3.04. The molecule has 7 nitrogen and oxygen atoms in total. The summed E-state index contributed by atoms with van der Waals surface area (Å²) >= 11 is 1.65. The number of ether oxygens (including phenoxy) is 3. The minimum Gasteiger partial charge on any atom is -0.497 e. The summed E-state index contributed by atoms with van der Waals surface area (Å²) in [6.45, 7) is 2.86. The third-order valence-corrected chi connectivity index (χ3v) is 5.99. The standard InChI is InChI=1S/C21H23N3O4S/c1-26-15-3-5-16(6-4-15)28-14-20(25)23-9-11-24(12-10-23)21-22-18-8-7-17(27-2)13-19(18)29-21/h3-8,13H,9-12,14H2,1-2H3. The zero-order chi connectivity index (χ0) is 20.2. The van der Waals surface area contributed by atoms with Gasteiger partial charge in [0.25, 0.3) is 5.91 Å². The zero-order valence-electron chi connectivity index (χ0n) is 16.5. The van der Waals surface area contributed by atoms with Gasteiger partial charge in [0.1, 0.15) is 17.2 Å². The second kappa shape index (κ2) is 8.57. The van der Waals surface area contributed by atoms with Crippen LogP contribution < -0.4 is 19.1 Å². The van der Waals surface area contributed by atoms with Crippen molar-refractivity contribution in [2.24, 2.45) is 0 Å². The van der Waals surface area contributed by atoms with Gasteiger partial charge in [-0.25, -0.2) is 4.98 Å². The molecule has 0 radical (unpaired) electrons. The van der Waals surface area contributed by atoms with E-state index in [1.807, 2.05) is 35.2 Å². The van der Waals surface area contributed by atoms with Crippen LogP contribution >= 0.6 is 11.3 Å². The zero-order valence-corrected chi connectivity index (χ0v) is 17.3. The molecule has 0 unspecified atom stereocenters. The lowest BCUT2D eigenvalue weighted by molar-refractivity contribution is -0.133. The van der Waals surface area contributed by atoms with Crippen LogP contribution in [0.1, 0.15) is 0 Å². The normalized spacial score (nSPS) is 14.1. The molecular weight excluding hydrogens is 390 g/mol. The smallest absolute Gasteiger partial charge is 0.260 e. The molecule has 0 atom stereocenters. The van der Waals surface area contributed by atoms with E-state index in [1.54, 1.807) is 37.7 Å². The summed E-state index contributed by atoms with van der Waals surface area (Å²) in [5.41, 5.74) is 0.970. The van der Waals surface area contributed by atoms with Gasteiger partial charge in [0.2, 0.25) is 0 Å². The Morgan fingerprint density at radius 3 is 2.31 bits per heavy atom. The fraction of sp³-hybridized carbons (Fsp3) is 0.333. The van der Waals surface area contributed by atoms with Gasteiger partial charge in [0.05, 0.1) is 24.4 Å². The molecule has 3 aromatic rings. The van der Waals surface area contributed by atoms with Crippen molar-refractivity contribution in [3.63, 3.8) is 0 Å². The summed E-state index contributed by atoms with van der Waals surface area (Å²) in [5, 5.41) is 0.981. The molecule has 1 fully saturated rings. The number of fused-ring (bicyclic) bond motifs is 1. The first-order valence-electron chi connectivity index (χ1n) is 9.40. The van der Waals surface area contributed by atoms with E-state index in [1.165, 1.54) is 0 Å². The number of aromatic nitrogens is 1. The average molecular weight is 413 g/mol. The fourth-order valence-corrected chi connectivity index (χ4v) is 4.26. The summed E-state index contributed by atoms with van der Waals surface area (Å²) in [4.78, 5) is 21.3. The molecule has 1 saturated heterocycles. The Morgan fingerprint density at radius 1 is 0.966 bits per heavy atom. The molecule has 0 spiro atoms. The Morgan fingerprint density at radius 2 is 1.62 bits per heavy atom. The van der Waals surface area contributed by atoms with Crippen LogP contribution in [-0.4, -0.2) is 62.8 Å². The van der Waals surface area contributed by atoms with E-state index >= 15 is 0 Å². The highest BCUT2D eigenvalue weighted by Crippen LogP contribution is 2.31. The highest BCUT2D eigenvalue weighted by atomic mass is 32.1. The summed E-state index contributed by atoms with van der Waals surface area (Å²) < 4.78 is 17.1. The van der Waals surface area contributed by atoms with Crippen molar-refractivity contribution in [3.8, 4) is 17.2 Å². The van der Waals surface area contributed by atoms with E-state index < -0.39 is 0 Å². The second-order valence-electron chi connectivity index (χ2n) is 6.66. The molecule has 1 aliphatic heterocycles. The van der Waals surface area contributed by atoms with Crippen LogP contribution in [-0.2, 0) is 4.79 Å². The number of benzene rings is 2. The third-order valence-electron chi connectivity index (χ3n) is 4.91. The number of amides is 1. The number of hydrogen-bond acceptors (Lipinski definition) is 7. The highest BCUT2D eigenvalue weighted by Gasteiger charge is 2.23. The van der Waals surface area contributed by atoms with Crippen molar-refractivity contribution in [2.45, 2.75) is 0 Å². The van der Waals surface area contributed by atoms with Crippen LogP contribution in [0.15, 0.2) is 42.5 Å². The molecule has 4 rings (SSSR count). The van der Waals surface area contributed by atoms with Crippen molar-refractivity contribution in [2.75, 3.05) is 51.9 Å². The van der Waals surface area contributed by atoms with Gasteiger partial charge in [0, 0.05) is 26.2 Å². The van der Waals surface area contributed by atoms with Crippen LogP contribution in [0.4, 0.5) is 5.13 Å². The van der Waals surface area contributed by atoms with Crippen molar-refractivity contribution in [3.05, 3.63) is 42.5 Å². The van der Waals surface area contributed by atoms with E-state index in [0.29, 0.717) is 18.8 Å². The van der Waals surface area contributed by atoms with Crippen molar-refractivity contribution >= 4 is 32.6 Å². The number of hydrogen-bond donors (Lipinski definition) is 0. The lowest BCUT2D eigenvalue weighted by Gasteiger charge is -2.34. The maximum Gasteiger partial charge on any atom is 0.260 e. The van der Waals surface area contributed by atoms with Crippen molar-refractivity contribution in [1.29, 1.82) is 0 Å². The van der Waals surface area contributed by atoms with Crippen LogP contribution in [0.2, 0.25) is 0 Å². The van der Waals surface area contributed by atoms with Gasteiger partial charge in [-0.3, -0.25) is 4.79 Å². The quantitative estimate of drug-likeness (QED) is 0.619. The number of methoxy groups -OCH3 is 2. The number of piperazine rings is 1. The van der Waals surface area contributed by atoms with Crippen molar-refractivity contribution in [1.82, 2.24) is 9.88 Å². The molecule has 0 aliphatic carbocycles. The molecule has 1 amide bonds. The number of nitrogens with zero attached hydrogens (tertiary/aromatic N) is 3. The molecule has 1 aromatic heterocycles. The Bertz CT molecular complexity index is 981. The van der Waals surface area contributed by atoms with Gasteiger partial charge in [0.15, 0.2) is 11.7 Å². The van der Waals surface area contributed by atoms with E-state index in [9.17, 15) is 4.79 Å². The SMILES string of the molecule is COc1ccc(OCC(=O)N2CCN(c3nc4ccc(OC)cc4s3)CC2)cc1. The molecule has 29 heavy (non-hydrogen) atoms. The van der Waals surface area contributed by atoms with E-state index in [2.05, 4.69) is 4.90 Å². The molecule has 0 saturated carbocycles. The van der Waals surface area contributed by atoms with Crippen LogP contribution in [0.3, 0.4) is 0 Å². The highest BCUT2D eigenvalue weighted by molar-refractivity contribution is 7.22. The summed E-state index contributed by atoms with van der Waals surface area (Å²) in [6.07, 6.45) is 0. The molecule has 0 N–H and O–H groups in total. The lowest BCUT2D eigenvalue weighted by Crippen LogP contribution is -2.50. The molecule has 8 heteroatoms. The largest absolute Gasteiger partial charge is 0.497 e. The molecule has 152 valence electrons. The topological polar surface area (TPSA) is 64.1 Å². The summed E-state index contributed by atoms with van der Waals surface area (Å²) in [7, 11) is 3.28. The molecule has 2 heterocycles. The van der Waals surface area contributed by atoms with E-state index in [4.69, 9.17) is 19.2 Å². The fourth-order valence-electron chi connectivity index (χ4n) is 3.21. The van der Waals surface area contributed by atoms with Crippen LogP contribution in [0.25, 0.3) is 10.2 Å². The summed E-state index contributed by atoms with van der Waals surface area (Å²) in [6, 6.07) is 13.1. The van der Waals surface area contributed by atoms with Gasteiger partial charge in [-0.2, -0.15) is 0 Å². The maximum atomic E-state index is 12.5. The Labute approximate surface area is 173 Å². The number of rotatable bonds is 6. The predicted molar refractivity (Wildman–Crippen MR) is 113 cm³/mol. The van der Waals surface area contributed by atoms with Gasteiger partial charge in [-0.15, -0.1) is 0 Å². The van der Waals surface area contributed by atoms with E-state index in [-0.39, 0.29) is 12.5 Å². The minimum atomic E-state index is -0.00509. The molecular formula is C21H23N3O4S. The Hall–Kier alpha value is -3.00. The number of anilines is 1. The summed E-state index contributed by atoms with van der Waals surface area (Å²) in [5.74, 6) is 2.24. The van der Waals surface area contributed by atoms with Crippen molar-refractivity contribution < 1.29 is 19.0 Å². The first-order chi connectivity index (χ1) is 14.2. The number of thiazole rings is 1. The van der Waals surface area contributed by atoms with Gasteiger partial charge >= 0.3 is 0 Å². The van der Waals surface area contributed by atoms with Gasteiger partial charge in [-0.1, -0.05) is 11.3 Å². The maximum absolute atomic E-state index is 12.5. The first kappa shape index (κ1) is 19.3. The van der Waals surface area contributed by atoms with Gasteiger partial charge in [-0.05, 0) is 42.5 Å². The van der Waals surface area contributed by atoms with E-state index in [0.717, 1.165) is 39.9 Å². The van der Waals surface area contributed by atoms with Crippen LogP contribution in [0.5, 0.6) is 17.2 Å². The lowest BCUT2D eigenvalue weighted by atomic mass is 10.3. The number of carbonyl (C=O) groups is 1. The average Bonchev–Trinajstić information content (AvgIpc) is 3.21. The van der Waals surface area contributed by atoms with Crippen LogP contribution in [0, 0.1) is 0 Å².